The van der Waals surface area contributed by atoms with Gasteiger partial charge >= 0.3 is 17.9 Å². The Morgan fingerprint density at radius 1 is 0.345 bits per heavy atom. The molecule has 6 nitrogen and oxygen atoms in total. The second kappa shape index (κ2) is 43.5. The van der Waals surface area contributed by atoms with E-state index in [9.17, 15) is 14.4 Å². The van der Waals surface area contributed by atoms with Crippen LogP contribution in [-0.4, -0.2) is 37.2 Å². The molecule has 0 bridgehead atoms. The fourth-order valence-corrected chi connectivity index (χ4v) is 7.33. The highest BCUT2D eigenvalue weighted by molar-refractivity contribution is 5.71. The summed E-state index contributed by atoms with van der Waals surface area (Å²) in [4.78, 5) is 37.7. The fourth-order valence-electron chi connectivity index (χ4n) is 7.33. The molecule has 0 aliphatic rings. The molecule has 0 heterocycles. The SMILES string of the molecule is CCCCCCCCCCCCC(=O)O[C@@H](COC(=O)CCCCCCCCCCC)COC(=O)CCCCCCCCCCCCCCCCCC(C)C. The summed E-state index contributed by atoms with van der Waals surface area (Å²) in [5, 5.41) is 0. The Hall–Kier alpha value is -1.59. The summed E-state index contributed by atoms with van der Waals surface area (Å²) < 4.78 is 16.7. The zero-order valence-electron chi connectivity index (χ0n) is 37.4. The van der Waals surface area contributed by atoms with Crippen LogP contribution in [0.15, 0.2) is 0 Å². The molecule has 0 aromatic carbocycles. The number of esters is 3. The molecule has 0 aliphatic carbocycles. The first-order valence-corrected chi connectivity index (χ1v) is 24.4. The van der Waals surface area contributed by atoms with Gasteiger partial charge < -0.3 is 14.2 Å². The van der Waals surface area contributed by atoms with Crippen LogP contribution in [0.2, 0.25) is 0 Å². The molecule has 55 heavy (non-hydrogen) atoms. The van der Waals surface area contributed by atoms with Crippen molar-refractivity contribution in [3.8, 4) is 0 Å². The Kier molecular flexibility index (Phi) is 42.3. The molecule has 0 aromatic rings. The van der Waals surface area contributed by atoms with E-state index in [1.165, 1.54) is 167 Å². The van der Waals surface area contributed by atoms with Crippen molar-refractivity contribution < 1.29 is 28.6 Å². The Morgan fingerprint density at radius 3 is 0.891 bits per heavy atom. The Balaban J connectivity index is 4.21. The number of hydrogen-bond acceptors (Lipinski definition) is 6. The quantitative estimate of drug-likeness (QED) is 0.0348. The number of carbonyl (C=O) groups excluding carboxylic acids is 3. The van der Waals surface area contributed by atoms with Crippen LogP contribution in [0.25, 0.3) is 0 Å². The van der Waals surface area contributed by atoms with Gasteiger partial charge in [-0.15, -0.1) is 0 Å². The smallest absolute Gasteiger partial charge is 0.306 e. The normalized spacial score (nSPS) is 11.9. The molecule has 0 saturated carbocycles. The summed E-state index contributed by atoms with van der Waals surface area (Å²) in [6.45, 7) is 9.00. The predicted octanol–water partition coefficient (Wildman–Crippen LogP) is 15.5. The molecule has 0 fully saturated rings. The molecule has 0 radical (unpaired) electrons. The van der Waals surface area contributed by atoms with Crippen LogP contribution in [0, 0.1) is 5.92 Å². The summed E-state index contributed by atoms with van der Waals surface area (Å²) in [6, 6.07) is 0. The van der Waals surface area contributed by atoms with Gasteiger partial charge in [-0.05, 0) is 25.2 Å². The van der Waals surface area contributed by atoms with Crippen molar-refractivity contribution >= 4 is 17.9 Å². The molecule has 326 valence electrons. The molecule has 0 aliphatic heterocycles. The third-order valence-corrected chi connectivity index (χ3v) is 11.0. The summed E-state index contributed by atoms with van der Waals surface area (Å²) in [7, 11) is 0. The van der Waals surface area contributed by atoms with Crippen LogP contribution in [0.5, 0.6) is 0 Å². The van der Waals surface area contributed by atoms with Gasteiger partial charge in [0, 0.05) is 19.3 Å². The number of hydrogen-bond donors (Lipinski definition) is 0. The van der Waals surface area contributed by atoms with E-state index >= 15 is 0 Å². The third kappa shape index (κ3) is 43.4. The van der Waals surface area contributed by atoms with E-state index in [0.717, 1.165) is 63.7 Å². The number of rotatable bonds is 44. The number of ether oxygens (including phenoxy) is 3. The van der Waals surface area contributed by atoms with E-state index in [4.69, 9.17) is 14.2 Å². The average Bonchev–Trinajstić information content (AvgIpc) is 3.17. The molecule has 0 amide bonds. The van der Waals surface area contributed by atoms with Crippen LogP contribution < -0.4 is 0 Å². The van der Waals surface area contributed by atoms with E-state index in [1.54, 1.807) is 0 Å². The summed E-state index contributed by atoms with van der Waals surface area (Å²) >= 11 is 0. The van der Waals surface area contributed by atoms with E-state index in [0.29, 0.717) is 19.3 Å². The van der Waals surface area contributed by atoms with Gasteiger partial charge in [0.2, 0.25) is 0 Å². The van der Waals surface area contributed by atoms with Crippen LogP contribution in [0.1, 0.15) is 272 Å². The van der Waals surface area contributed by atoms with Crippen molar-refractivity contribution in [3.63, 3.8) is 0 Å². The van der Waals surface area contributed by atoms with Gasteiger partial charge in [0.15, 0.2) is 6.10 Å². The van der Waals surface area contributed by atoms with Crippen molar-refractivity contribution in [1.29, 1.82) is 0 Å². The fraction of sp³-hybridized carbons (Fsp3) is 0.939. The van der Waals surface area contributed by atoms with Gasteiger partial charge in [0.25, 0.3) is 0 Å². The van der Waals surface area contributed by atoms with Crippen LogP contribution in [0.4, 0.5) is 0 Å². The molecular formula is C49H94O6. The third-order valence-electron chi connectivity index (χ3n) is 11.0. The minimum atomic E-state index is -0.758. The number of unbranched alkanes of at least 4 members (excludes halogenated alkanes) is 31. The number of carbonyl (C=O) groups is 3. The van der Waals surface area contributed by atoms with E-state index < -0.39 is 6.10 Å². The largest absolute Gasteiger partial charge is 0.462 e. The van der Waals surface area contributed by atoms with Gasteiger partial charge in [-0.25, -0.2) is 0 Å². The molecule has 0 spiro atoms. The highest BCUT2D eigenvalue weighted by Gasteiger charge is 2.19. The van der Waals surface area contributed by atoms with Gasteiger partial charge in [0.05, 0.1) is 0 Å². The van der Waals surface area contributed by atoms with Gasteiger partial charge in [0.1, 0.15) is 13.2 Å². The Morgan fingerprint density at radius 2 is 0.600 bits per heavy atom. The van der Waals surface area contributed by atoms with E-state index in [1.807, 2.05) is 0 Å². The van der Waals surface area contributed by atoms with Crippen molar-refractivity contribution in [3.05, 3.63) is 0 Å². The maximum Gasteiger partial charge on any atom is 0.306 e. The lowest BCUT2D eigenvalue weighted by Gasteiger charge is -2.18. The van der Waals surface area contributed by atoms with E-state index in [2.05, 4.69) is 27.7 Å². The topological polar surface area (TPSA) is 78.9 Å². The average molecular weight is 779 g/mol. The van der Waals surface area contributed by atoms with Gasteiger partial charge in [-0.2, -0.15) is 0 Å². The Labute approximate surface area is 342 Å². The molecule has 0 rings (SSSR count). The molecule has 0 N–H and O–H groups in total. The first kappa shape index (κ1) is 53.4. The molecule has 6 heteroatoms. The lowest BCUT2D eigenvalue weighted by Crippen LogP contribution is -2.30. The zero-order chi connectivity index (χ0) is 40.3. The Bertz CT molecular complexity index is 826. The van der Waals surface area contributed by atoms with Crippen LogP contribution >= 0.6 is 0 Å². The molecule has 0 saturated heterocycles. The molecule has 1 atom stereocenters. The summed E-state index contributed by atoms with van der Waals surface area (Å²) in [5.41, 5.74) is 0. The van der Waals surface area contributed by atoms with Gasteiger partial charge in [-0.3, -0.25) is 14.4 Å². The van der Waals surface area contributed by atoms with Crippen molar-refractivity contribution in [1.82, 2.24) is 0 Å². The zero-order valence-corrected chi connectivity index (χ0v) is 37.4. The summed E-state index contributed by atoms with van der Waals surface area (Å²) in [5.74, 6) is -0.00377. The minimum absolute atomic E-state index is 0.0633. The maximum atomic E-state index is 12.7. The lowest BCUT2D eigenvalue weighted by molar-refractivity contribution is -0.167. The van der Waals surface area contributed by atoms with Crippen LogP contribution in [0.3, 0.4) is 0 Å². The molecular weight excluding hydrogens is 685 g/mol. The molecule has 0 aromatic heterocycles. The van der Waals surface area contributed by atoms with Gasteiger partial charge in [-0.1, -0.05) is 233 Å². The maximum absolute atomic E-state index is 12.7. The highest BCUT2D eigenvalue weighted by Crippen LogP contribution is 2.17. The first-order valence-electron chi connectivity index (χ1n) is 24.4. The van der Waals surface area contributed by atoms with Crippen molar-refractivity contribution in [2.45, 2.75) is 278 Å². The van der Waals surface area contributed by atoms with Crippen LogP contribution in [-0.2, 0) is 28.6 Å². The lowest BCUT2D eigenvalue weighted by atomic mass is 10.0. The monoisotopic (exact) mass is 779 g/mol. The second-order valence-electron chi connectivity index (χ2n) is 17.2. The molecule has 0 unspecified atom stereocenters. The minimum Gasteiger partial charge on any atom is -0.462 e. The van der Waals surface area contributed by atoms with Crippen molar-refractivity contribution in [2.24, 2.45) is 5.92 Å². The van der Waals surface area contributed by atoms with Crippen molar-refractivity contribution in [2.75, 3.05) is 13.2 Å². The summed E-state index contributed by atoms with van der Waals surface area (Å²) in [6.07, 6.45) is 43.8. The standard InChI is InChI=1S/C49H94O6/c1-5-7-9-11-13-15-25-30-34-38-42-49(52)55-46(43-53-47(50)40-36-32-28-23-14-12-10-8-6-2)44-54-48(51)41-37-33-29-26-22-20-18-16-17-19-21-24-27-31-35-39-45(3)4/h45-46H,5-44H2,1-4H3/t46-/m0/s1. The predicted molar refractivity (Wildman–Crippen MR) is 233 cm³/mol. The van der Waals surface area contributed by atoms with E-state index in [-0.39, 0.29) is 31.1 Å². The first-order chi connectivity index (χ1) is 26.9. The second-order valence-corrected chi connectivity index (χ2v) is 17.2. The highest BCUT2D eigenvalue weighted by atomic mass is 16.6.